The lowest BCUT2D eigenvalue weighted by atomic mass is 9.64. The quantitative estimate of drug-likeness (QED) is 0.722. The third kappa shape index (κ3) is 4.37. The average molecular weight is 463 g/mol. The van der Waals surface area contributed by atoms with E-state index in [-0.39, 0.29) is 23.0 Å². The lowest BCUT2D eigenvalue weighted by Crippen LogP contribution is -2.48. The summed E-state index contributed by atoms with van der Waals surface area (Å²) in [6.45, 7) is 4.39. The fourth-order valence-corrected chi connectivity index (χ4v) is 6.10. The highest BCUT2D eigenvalue weighted by Gasteiger charge is 2.45. The van der Waals surface area contributed by atoms with Gasteiger partial charge in [0.2, 0.25) is 15.9 Å². The van der Waals surface area contributed by atoms with Crippen LogP contribution in [0.2, 0.25) is 5.02 Å². The molecule has 2 aromatic rings. The van der Waals surface area contributed by atoms with Crippen molar-refractivity contribution in [3.8, 4) is 0 Å². The largest absolute Gasteiger partial charge is 0.373 e. The highest BCUT2D eigenvalue weighted by Crippen LogP contribution is 2.45. The van der Waals surface area contributed by atoms with Gasteiger partial charge in [0.15, 0.2) is 0 Å². The average Bonchev–Trinajstić information content (AvgIpc) is 2.68. The van der Waals surface area contributed by atoms with Crippen molar-refractivity contribution in [2.24, 2.45) is 0 Å². The van der Waals surface area contributed by atoms with Gasteiger partial charge in [-0.05, 0) is 68.7 Å². The van der Waals surface area contributed by atoms with Crippen molar-refractivity contribution in [3.63, 3.8) is 0 Å². The van der Waals surface area contributed by atoms with Crippen LogP contribution in [-0.4, -0.2) is 43.9 Å². The number of halogens is 1. The van der Waals surface area contributed by atoms with Crippen LogP contribution < -0.4 is 5.32 Å². The van der Waals surface area contributed by atoms with Gasteiger partial charge in [-0.2, -0.15) is 4.31 Å². The van der Waals surface area contributed by atoms with E-state index in [4.69, 9.17) is 16.3 Å². The SMILES string of the molecule is CC1CN(S(=O)(=O)c2ccc(NC(=O)C3(c4ccc(Cl)cc4)CCC3)cc2)CC(C)O1. The Morgan fingerprint density at radius 1 is 1.03 bits per heavy atom. The van der Waals surface area contributed by atoms with E-state index >= 15 is 0 Å². The molecule has 2 atom stereocenters. The first-order chi connectivity index (χ1) is 14.7. The van der Waals surface area contributed by atoms with Crippen LogP contribution in [0.1, 0.15) is 38.7 Å². The number of hydrogen-bond donors (Lipinski definition) is 1. The summed E-state index contributed by atoms with van der Waals surface area (Å²) in [7, 11) is -3.61. The molecule has 166 valence electrons. The Hall–Kier alpha value is -1.93. The van der Waals surface area contributed by atoms with Crippen LogP contribution in [0.5, 0.6) is 0 Å². The molecule has 2 aromatic carbocycles. The number of amides is 1. The van der Waals surface area contributed by atoms with Crippen molar-refractivity contribution in [1.82, 2.24) is 4.31 Å². The second kappa shape index (κ2) is 8.54. The van der Waals surface area contributed by atoms with Crippen LogP contribution in [0, 0.1) is 0 Å². The van der Waals surface area contributed by atoms with E-state index in [0.717, 1.165) is 24.8 Å². The van der Waals surface area contributed by atoms with Crippen molar-refractivity contribution in [1.29, 1.82) is 0 Å². The minimum atomic E-state index is -3.61. The predicted octanol–water partition coefficient (Wildman–Crippen LogP) is 4.20. The van der Waals surface area contributed by atoms with Gasteiger partial charge in [0, 0.05) is 23.8 Å². The van der Waals surface area contributed by atoms with Gasteiger partial charge < -0.3 is 10.1 Å². The summed E-state index contributed by atoms with van der Waals surface area (Å²) in [4.78, 5) is 13.3. The fraction of sp³-hybridized carbons (Fsp3) is 0.435. The topological polar surface area (TPSA) is 75.7 Å². The summed E-state index contributed by atoms with van der Waals surface area (Å²) in [6.07, 6.45) is 2.25. The summed E-state index contributed by atoms with van der Waals surface area (Å²) >= 11 is 6.00. The van der Waals surface area contributed by atoms with Crippen molar-refractivity contribution in [2.75, 3.05) is 18.4 Å². The monoisotopic (exact) mass is 462 g/mol. The third-order valence-electron chi connectivity index (χ3n) is 6.17. The maximum Gasteiger partial charge on any atom is 0.243 e. The molecular weight excluding hydrogens is 436 g/mol. The van der Waals surface area contributed by atoms with Crippen LogP contribution in [0.15, 0.2) is 53.4 Å². The van der Waals surface area contributed by atoms with Gasteiger partial charge in [-0.15, -0.1) is 0 Å². The Morgan fingerprint density at radius 3 is 2.13 bits per heavy atom. The normalized spacial score (nSPS) is 23.7. The molecule has 1 N–H and O–H groups in total. The fourth-order valence-electron chi connectivity index (χ4n) is 4.38. The lowest BCUT2D eigenvalue weighted by molar-refractivity contribution is -0.124. The van der Waals surface area contributed by atoms with Gasteiger partial charge in [0.05, 0.1) is 22.5 Å². The van der Waals surface area contributed by atoms with Gasteiger partial charge in [-0.3, -0.25) is 4.79 Å². The van der Waals surface area contributed by atoms with Crippen LogP contribution >= 0.6 is 11.6 Å². The Balaban J connectivity index is 1.49. The summed E-state index contributed by atoms with van der Waals surface area (Å²) in [5.74, 6) is -0.0764. The van der Waals surface area contributed by atoms with Crippen molar-refractivity contribution >= 4 is 33.2 Å². The minimum absolute atomic E-state index is 0.0764. The highest BCUT2D eigenvalue weighted by molar-refractivity contribution is 7.89. The molecule has 6 nitrogen and oxygen atoms in total. The molecule has 1 saturated heterocycles. The number of anilines is 1. The van der Waals surface area contributed by atoms with Crippen molar-refractivity contribution in [3.05, 3.63) is 59.1 Å². The Bertz CT molecular complexity index is 1040. The molecule has 0 radical (unpaired) electrons. The van der Waals surface area contributed by atoms with Gasteiger partial charge in [-0.25, -0.2) is 8.42 Å². The number of hydrogen-bond acceptors (Lipinski definition) is 4. The molecule has 4 rings (SSSR count). The summed E-state index contributed by atoms with van der Waals surface area (Å²) in [6, 6.07) is 13.8. The number of nitrogens with zero attached hydrogens (tertiary/aromatic N) is 1. The second-order valence-electron chi connectivity index (χ2n) is 8.50. The summed E-state index contributed by atoms with van der Waals surface area (Å²) in [5.41, 5.74) is 0.971. The number of carbonyl (C=O) groups excluding carboxylic acids is 1. The lowest BCUT2D eigenvalue weighted by Gasteiger charge is -2.40. The predicted molar refractivity (Wildman–Crippen MR) is 121 cm³/mol. The van der Waals surface area contributed by atoms with E-state index in [1.807, 2.05) is 26.0 Å². The zero-order chi connectivity index (χ0) is 22.2. The standard InChI is InChI=1S/C23H27ClN2O4S/c1-16-14-26(15-17(2)30-16)31(28,29)21-10-8-20(9-11-21)25-22(27)23(12-3-13-23)18-4-6-19(24)7-5-18/h4-11,16-17H,3,12-15H2,1-2H3,(H,25,27). The van der Waals surface area contributed by atoms with E-state index < -0.39 is 15.4 Å². The minimum Gasteiger partial charge on any atom is -0.373 e. The zero-order valence-electron chi connectivity index (χ0n) is 17.7. The van der Waals surface area contributed by atoms with Gasteiger partial charge in [-0.1, -0.05) is 30.2 Å². The van der Waals surface area contributed by atoms with Crippen molar-refractivity contribution in [2.45, 2.75) is 55.6 Å². The van der Waals surface area contributed by atoms with Crippen LogP contribution in [-0.2, 0) is 25.0 Å². The molecule has 1 aliphatic carbocycles. The molecule has 8 heteroatoms. The molecule has 2 aliphatic rings. The molecule has 1 heterocycles. The maximum absolute atomic E-state index is 13.1. The smallest absolute Gasteiger partial charge is 0.243 e. The molecule has 1 aliphatic heterocycles. The number of carbonyl (C=O) groups is 1. The first-order valence-electron chi connectivity index (χ1n) is 10.5. The molecule has 1 amide bonds. The molecular formula is C23H27ClN2O4S. The first-order valence-corrected chi connectivity index (χ1v) is 12.4. The van der Waals surface area contributed by atoms with E-state index in [0.29, 0.717) is 23.8 Å². The molecule has 31 heavy (non-hydrogen) atoms. The Kier molecular flexibility index (Phi) is 6.14. The first kappa shape index (κ1) is 22.3. The van der Waals surface area contributed by atoms with E-state index in [1.165, 1.54) is 4.31 Å². The number of sulfonamides is 1. The molecule has 2 fully saturated rings. The molecule has 2 unspecified atom stereocenters. The van der Waals surface area contributed by atoms with Gasteiger partial charge in [0.1, 0.15) is 0 Å². The van der Waals surface area contributed by atoms with Gasteiger partial charge >= 0.3 is 0 Å². The maximum atomic E-state index is 13.1. The van der Waals surface area contributed by atoms with Crippen LogP contribution in [0.3, 0.4) is 0 Å². The van der Waals surface area contributed by atoms with Crippen molar-refractivity contribution < 1.29 is 17.9 Å². The van der Waals surface area contributed by atoms with E-state index in [2.05, 4.69) is 5.32 Å². The molecule has 0 aromatic heterocycles. The van der Waals surface area contributed by atoms with E-state index in [1.54, 1.807) is 36.4 Å². The summed E-state index contributed by atoms with van der Waals surface area (Å²) < 4.78 is 33.1. The Morgan fingerprint density at radius 2 is 1.61 bits per heavy atom. The number of morpholine rings is 1. The number of nitrogens with one attached hydrogen (secondary N) is 1. The van der Waals surface area contributed by atoms with Crippen LogP contribution in [0.4, 0.5) is 5.69 Å². The number of rotatable bonds is 5. The molecule has 0 spiro atoms. The molecule has 0 bridgehead atoms. The third-order valence-corrected chi connectivity index (χ3v) is 8.27. The molecule has 1 saturated carbocycles. The zero-order valence-corrected chi connectivity index (χ0v) is 19.2. The van der Waals surface area contributed by atoms with Crippen LogP contribution in [0.25, 0.3) is 0 Å². The highest BCUT2D eigenvalue weighted by atomic mass is 35.5. The van der Waals surface area contributed by atoms with Gasteiger partial charge in [0.25, 0.3) is 0 Å². The second-order valence-corrected chi connectivity index (χ2v) is 10.9. The number of ether oxygens (including phenoxy) is 1. The Labute approximate surface area is 188 Å². The number of benzene rings is 2. The summed E-state index contributed by atoms with van der Waals surface area (Å²) in [5, 5.41) is 3.61. The van der Waals surface area contributed by atoms with E-state index in [9.17, 15) is 13.2 Å².